The molecule has 1 aromatic carbocycles. The molecule has 1 fully saturated rings. The van der Waals surface area contributed by atoms with Gasteiger partial charge in [-0.15, -0.1) is 0 Å². The second kappa shape index (κ2) is 3.82. The standard InChI is InChI=1S/C11H11BrN4O/c12-11-8-2-1-7(4-9(8)14-15-11)16-5-6(13)3-10(16)17/h1-2,4,6H,3,5,13H2,(H,14,15). The summed E-state index contributed by atoms with van der Waals surface area (Å²) in [5.74, 6) is 0.0754. The van der Waals surface area contributed by atoms with Crippen LogP contribution in [-0.2, 0) is 4.79 Å². The Balaban J connectivity index is 2.03. The Labute approximate surface area is 106 Å². The van der Waals surface area contributed by atoms with Crippen LogP contribution in [-0.4, -0.2) is 28.7 Å². The number of benzene rings is 1. The van der Waals surface area contributed by atoms with Gasteiger partial charge in [0.25, 0.3) is 0 Å². The molecule has 0 saturated carbocycles. The van der Waals surface area contributed by atoms with E-state index < -0.39 is 0 Å². The predicted molar refractivity (Wildman–Crippen MR) is 68.7 cm³/mol. The van der Waals surface area contributed by atoms with Gasteiger partial charge < -0.3 is 10.6 Å². The molecule has 1 atom stereocenters. The number of carbonyl (C=O) groups is 1. The molecule has 2 aromatic rings. The van der Waals surface area contributed by atoms with Crippen LogP contribution in [0.2, 0.25) is 0 Å². The van der Waals surface area contributed by atoms with E-state index in [1.54, 1.807) is 4.90 Å². The number of nitrogens with one attached hydrogen (secondary N) is 1. The number of amides is 1. The van der Waals surface area contributed by atoms with Crippen molar-refractivity contribution in [3.8, 4) is 0 Å². The molecule has 88 valence electrons. The lowest BCUT2D eigenvalue weighted by Crippen LogP contribution is -2.27. The minimum atomic E-state index is -0.0656. The molecule has 0 spiro atoms. The Morgan fingerprint density at radius 2 is 2.35 bits per heavy atom. The van der Waals surface area contributed by atoms with Crippen LogP contribution < -0.4 is 10.6 Å². The van der Waals surface area contributed by atoms with E-state index in [0.29, 0.717) is 13.0 Å². The maximum Gasteiger partial charge on any atom is 0.228 e. The Kier molecular flexibility index (Phi) is 2.41. The van der Waals surface area contributed by atoms with E-state index in [1.807, 2.05) is 18.2 Å². The van der Waals surface area contributed by atoms with Crippen LogP contribution in [0.25, 0.3) is 10.9 Å². The molecule has 1 aliphatic heterocycles. The fourth-order valence-corrected chi connectivity index (χ4v) is 2.54. The van der Waals surface area contributed by atoms with Crippen molar-refractivity contribution in [2.75, 3.05) is 11.4 Å². The van der Waals surface area contributed by atoms with Crippen molar-refractivity contribution in [1.82, 2.24) is 10.2 Å². The van der Waals surface area contributed by atoms with E-state index in [9.17, 15) is 4.79 Å². The molecule has 17 heavy (non-hydrogen) atoms. The van der Waals surface area contributed by atoms with Crippen molar-refractivity contribution in [2.24, 2.45) is 5.73 Å². The van der Waals surface area contributed by atoms with Gasteiger partial charge >= 0.3 is 0 Å². The maximum atomic E-state index is 11.7. The molecule has 0 bridgehead atoms. The fraction of sp³-hybridized carbons (Fsp3) is 0.273. The summed E-state index contributed by atoms with van der Waals surface area (Å²) >= 11 is 3.38. The van der Waals surface area contributed by atoms with Crippen LogP contribution in [0.4, 0.5) is 5.69 Å². The number of nitrogens with two attached hydrogens (primary N) is 1. The highest BCUT2D eigenvalue weighted by atomic mass is 79.9. The molecular weight excluding hydrogens is 284 g/mol. The molecule has 1 amide bonds. The van der Waals surface area contributed by atoms with Gasteiger partial charge in [0.1, 0.15) is 4.60 Å². The summed E-state index contributed by atoms with van der Waals surface area (Å²) in [6.07, 6.45) is 0.419. The first kappa shape index (κ1) is 10.7. The third-order valence-corrected chi connectivity index (χ3v) is 3.56. The van der Waals surface area contributed by atoms with E-state index >= 15 is 0 Å². The fourth-order valence-electron chi connectivity index (χ4n) is 2.12. The zero-order valence-electron chi connectivity index (χ0n) is 8.98. The summed E-state index contributed by atoms with van der Waals surface area (Å²) in [7, 11) is 0. The third-order valence-electron chi connectivity index (χ3n) is 2.96. The summed E-state index contributed by atoms with van der Waals surface area (Å²) in [5, 5.41) is 8.01. The molecule has 1 aromatic heterocycles. The van der Waals surface area contributed by atoms with Crippen LogP contribution in [0.1, 0.15) is 6.42 Å². The van der Waals surface area contributed by atoms with E-state index in [1.165, 1.54) is 0 Å². The number of halogens is 1. The molecule has 6 heteroatoms. The normalized spacial score (nSPS) is 20.5. The Morgan fingerprint density at radius 3 is 3.06 bits per heavy atom. The van der Waals surface area contributed by atoms with E-state index in [4.69, 9.17) is 5.73 Å². The average molecular weight is 295 g/mol. The molecule has 5 nitrogen and oxygen atoms in total. The monoisotopic (exact) mass is 294 g/mol. The summed E-state index contributed by atoms with van der Waals surface area (Å²) < 4.78 is 0.850. The number of fused-ring (bicyclic) bond motifs is 1. The second-order valence-corrected chi connectivity index (χ2v) is 5.00. The van der Waals surface area contributed by atoms with Crippen LogP contribution >= 0.6 is 15.9 Å². The number of hydrogen-bond acceptors (Lipinski definition) is 3. The van der Waals surface area contributed by atoms with Crippen LogP contribution in [0.15, 0.2) is 22.8 Å². The summed E-state index contributed by atoms with van der Waals surface area (Å²) in [6, 6.07) is 5.68. The summed E-state index contributed by atoms with van der Waals surface area (Å²) in [5.41, 5.74) is 7.47. The smallest absolute Gasteiger partial charge is 0.228 e. The number of aromatic nitrogens is 2. The van der Waals surface area contributed by atoms with Gasteiger partial charge in [0, 0.05) is 30.1 Å². The van der Waals surface area contributed by atoms with Crippen LogP contribution in [0, 0.1) is 0 Å². The van der Waals surface area contributed by atoms with Gasteiger partial charge in [0.2, 0.25) is 5.91 Å². The minimum Gasteiger partial charge on any atom is -0.326 e. The lowest BCUT2D eigenvalue weighted by atomic mass is 10.2. The zero-order chi connectivity index (χ0) is 12.0. The van der Waals surface area contributed by atoms with Crippen LogP contribution in [0.3, 0.4) is 0 Å². The Hall–Kier alpha value is -1.40. The van der Waals surface area contributed by atoms with E-state index in [2.05, 4.69) is 26.1 Å². The van der Waals surface area contributed by atoms with E-state index in [-0.39, 0.29) is 11.9 Å². The Bertz CT molecular complexity index is 594. The Morgan fingerprint density at radius 1 is 1.53 bits per heavy atom. The molecule has 1 saturated heterocycles. The number of nitrogens with zero attached hydrogens (tertiary/aromatic N) is 2. The summed E-state index contributed by atoms with van der Waals surface area (Å²) in [4.78, 5) is 13.4. The highest BCUT2D eigenvalue weighted by molar-refractivity contribution is 9.10. The van der Waals surface area contributed by atoms with Gasteiger partial charge in [0.05, 0.1) is 5.52 Å². The first-order valence-electron chi connectivity index (χ1n) is 5.35. The zero-order valence-corrected chi connectivity index (χ0v) is 10.6. The predicted octanol–water partition coefficient (Wildman–Crippen LogP) is 1.39. The number of hydrogen-bond donors (Lipinski definition) is 2. The number of aromatic amines is 1. The largest absolute Gasteiger partial charge is 0.326 e. The molecule has 0 radical (unpaired) electrons. The van der Waals surface area contributed by atoms with Crippen molar-refractivity contribution in [1.29, 1.82) is 0 Å². The van der Waals surface area contributed by atoms with Crippen molar-refractivity contribution in [3.05, 3.63) is 22.8 Å². The quantitative estimate of drug-likeness (QED) is 0.835. The van der Waals surface area contributed by atoms with Gasteiger partial charge in [-0.2, -0.15) is 5.10 Å². The minimum absolute atomic E-state index is 0.0656. The maximum absolute atomic E-state index is 11.7. The number of anilines is 1. The first-order valence-corrected chi connectivity index (χ1v) is 6.14. The SMILES string of the molecule is NC1CC(=O)N(c2ccc3c(Br)[nH]nc3c2)C1. The highest BCUT2D eigenvalue weighted by Crippen LogP contribution is 2.27. The third kappa shape index (κ3) is 1.73. The molecular formula is C11H11BrN4O. The molecule has 3 rings (SSSR count). The molecule has 3 N–H and O–H groups in total. The molecule has 1 aliphatic rings. The average Bonchev–Trinajstić information content (AvgIpc) is 2.82. The van der Waals surface area contributed by atoms with Gasteiger partial charge in [-0.05, 0) is 34.1 Å². The van der Waals surface area contributed by atoms with Crippen LogP contribution in [0.5, 0.6) is 0 Å². The summed E-state index contributed by atoms with van der Waals surface area (Å²) in [6.45, 7) is 0.579. The van der Waals surface area contributed by atoms with Gasteiger partial charge in [-0.25, -0.2) is 0 Å². The highest BCUT2D eigenvalue weighted by Gasteiger charge is 2.28. The second-order valence-electron chi connectivity index (χ2n) is 4.21. The van der Waals surface area contributed by atoms with Crippen molar-refractivity contribution in [2.45, 2.75) is 12.5 Å². The van der Waals surface area contributed by atoms with Crippen molar-refractivity contribution >= 4 is 38.4 Å². The molecule has 0 aliphatic carbocycles. The lowest BCUT2D eigenvalue weighted by molar-refractivity contribution is -0.117. The topological polar surface area (TPSA) is 75.0 Å². The number of rotatable bonds is 1. The van der Waals surface area contributed by atoms with Crippen molar-refractivity contribution in [3.63, 3.8) is 0 Å². The van der Waals surface area contributed by atoms with Crippen molar-refractivity contribution < 1.29 is 4.79 Å². The number of carbonyl (C=O) groups excluding carboxylic acids is 1. The van der Waals surface area contributed by atoms with Gasteiger partial charge in [-0.3, -0.25) is 9.89 Å². The van der Waals surface area contributed by atoms with Gasteiger partial charge in [-0.1, -0.05) is 0 Å². The molecule has 1 unspecified atom stereocenters. The van der Waals surface area contributed by atoms with Gasteiger partial charge in [0.15, 0.2) is 0 Å². The number of H-pyrrole nitrogens is 1. The van der Waals surface area contributed by atoms with E-state index in [0.717, 1.165) is 21.2 Å². The molecule has 2 heterocycles. The lowest BCUT2D eigenvalue weighted by Gasteiger charge is -2.15. The first-order chi connectivity index (χ1) is 8.15.